The van der Waals surface area contributed by atoms with Crippen LogP contribution < -0.4 is 16.0 Å². The molecule has 0 atom stereocenters. The molecule has 0 aromatic heterocycles. The molecule has 2 aromatic rings. The molecule has 0 fully saturated rings. The Balaban J connectivity index is 2.04. The van der Waals surface area contributed by atoms with E-state index in [-0.39, 0.29) is 11.8 Å². The van der Waals surface area contributed by atoms with Crippen molar-refractivity contribution in [3.63, 3.8) is 0 Å². The van der Waals surface area contributed by atoms with Crippen LogP contribution in [0.25, 0.3) is 0 Å². The van der Waals surface area contributed by atoms with Gasteiger partial charge in [0.05, 0.1) is 0 Å². The second-order valence-electron chi connectivity index (χ2n) is 7.90. The summed E-state index contributed by atoms with van der Waals surface area (Å²) in [5.41, 5.74) is 2.71. The van der Waals surface area contributed by atoms with Gasteiger partial charge in [0.1, 0.15) is 5.60 Å². The SMILES string of the molecule is CNC(=O)c1ccc(C(=O)Nc2ccccc2CCNC(=O)OC(C)(C)C)cc1C. The molecule has 3 amide bonds. The Kier molecular flexibility index (Phi) is 7.58. The van der Waals surface area contributed by atoms with Crippen molar-refractivity contribution in [3.05, 3.63) is 64.7 Å². The number of para-hydroxylation sites is 1. The molecule has 0 saturated heterocycles. The Hall–Kier alpha value is -3.35. The van der Waals surface area contributed by atoms with Gasteiger partial charge in [-0.05, 0) is 69.5 Å². The topological polar surface area (TPSA) is 96.5 Å². The van der Waals surface area contributed by atoms with Gasteiger partial charge in [-0.2, -0.15) is 0 Å². The minimum Gasteiger partial charge on any atom is -0.444 e. The fourth-order valence-corrected chi connectivity index (χ4v) is 2.86. The van der Waals surface area contributed by atoms with Crippen LogP contribution in [0.5, 0.6) is 0 Å². The monoisotopic (exact) mass is 411 g/mol. The number of amides is 3. The van der Waals surface area contributed by atoms with Gasteiger partial charge in [-0.15, -0.1) is 0 Å². The zero-order chi connectivity index (χ0) is 22.3. The highest BCUT2D eigenvalue weighted by Crippen LogP contribution is 2.18. The van der Waals surface area contributed by atoms with Gasteiger partial charge in [0.15, 0.2) is 0 Å². The van der Waals surface area contributed by atoms with Crippen LogP contribution in [0, 0.1) is 6.92 Å². The lowest BCUT2D eigenvalue weighted by molar-refractivity contribution is 0.0528. The van der Waals surface area contributed by atoms with Crippen LogP contribution in [-0.2, 0) is 11.2 Å². The first-order valence-electron chi connectivity index (χ1n) is 9.79. The molecule has 160 valence electrons. The van der Waals surface area contributed by atoms with E-state index >= 15 is 0 Å². The highest BCUT2D eigenvalue weighted by Gasteiger charge is 2.16. The van der Waals surface area contributed by atoms with Crippen LogP contribution in [0.2, 0.25) is 0 Å². The lowest BCUT2D eigenvalue weighted by Gasteiger charge is -2.19. The smallest absolute Gasteiger partial charge is 0.407 e. The number of rotatable bonds is 6. The number of benzene rings is 2. The van der Waals surface area contributed by atoms with Crippen LogP contribution in [-0.4, -0.2) is 37.1 Å². The van der Waals surface area contributed by atoms with Crippen molar-refractivity contribution in [1.82, 2.24) is 10.6 Å². The Labute approximate surface area is 177 Å². The van der Waals surface area contributed by atoms with E-state index in [1.807, 2.05) is 24.3 Å². The summed E-state index contributed by atoms with van der Waals surface area (Å²) in [5, 5.41) is 8.21. The Morgan fingerprint density at radius 1 is 1.00 bits per heavy atom. The molecule has 0 aliphatic carbocycles. The Morgan fingerprint density at radius 2 is 1.70 bits per heavy atom. The van der Waals surface area contributed by atoms with Gasteiger partial charge in [0, 0.05) is 30.4 Å². The number of nitrogens with one attached hydrogen (secondary N) is 3. The molecule has 0 spiro atoms. The van der Waals surface area contributed by atoms with Crippen molar-refractivity contribution in [3.8, 4) is 0 Å². The van der Waals surface area contributed by atoms with Crippen LogP contribution in [0.1, 0.15) is 52.6 Å². The molecule has 0 bridgehead atoms. The van der Waals surface area contributed by atoms with Crippen molar-refractivity contribution in [2.75, 3.05) is 18.9 Å². The molecule has 0 radical (unpaired) electrons. The average molecular weight is 412 g/mol. The molecule has 0 aliphatic heterocycles. The van der Waals surface area contributed by atoms with Gasteiger partial charge in [-0.1, -0.05) is 18.2 Å². The first-order valence-corrected chi connectivity index (χ1v) is 9.79. The van der Waals surface area contributed by atoms with Crippen LogP contribution >= 0.6 is 0 Å². The summed E-state index contributed by atoms with van der Waals surface area (Å²) in [6, 6.07) is 12.4. The molecular weight excluding hydrogens is 382 g/mol. The van der Waals surface area contributed by atoms with Gasteiger partial charge in [0.25, 0.3) is 11.8 Å². The lowest BCUT2D eigenvalue weighted by atomic mass is 10.0. The van der Waals surface area contributed by atoms with Crippen molar-refractivity contribution in [2.24, 2.45) is 0 Å². The fourth-order valence-electron chi connectivity index (χ4n) is 2.86. The van der Waals surface area contributed by atoms with E-state index in [1.54, 1.807) is 52.9 Å². The van der Waals surface area contributed by atoms with Gasteiger partial charge in [-0.3, -0.25) is 9.59 Å². The second kappa shape index (κ2) is 9.91. The molecule has 2 aromatic carbocycles. The van der Waals surface area contributed by atoms with E-state index < -0.39 is 11.7 Å². The predicted octanol–water partition coefficient (Wildman–Crippen LogP) is 3.67. The van der Waals surface area contributed by atoms with Crippen molar-refractivity contribution < 1.29 is 19.1 Å². The van der Waals surface area contributed by atoms with Crippen molar-refractivity contribution >= 4 is 23.6 Å². The first kappa shape index (κ1) is 22.9. The number of ether oxygens (including phenoxy) is 1. The van der Waals surface area contributed by atoms with Crippen molar-refractivity contribution in [2.45, 2.75) is 39.7 Å². The molecule has 30 heavy (non-hydrogen) atoms. The van der Waals surface area contributed by atoms with Crippen molar-refractivity contribution in [1.29, 1.82) is 0 Å². The minimum absolute atomic E-state index is 0.192. The third-order valence-corrected chi connectivity index (χ3v) is 4.29. The quantitative estimate of drug-likeness (QED) is 0.676. The summed E-state index contributed by atoms with van der Waals surface area (Å²) in [4.78, 5) is 36.3. The van der Waals surface area contributed by atoms with E-state index in [0.29, 0.717) is 29.8 Å². The molecule has 0 heterocycles. The molecule has 2 rings (SSSR count). The average Bonchev–Trinajstić information content (AvgIpc) is 2.67. The largest absolute Gasteiger partial charge is 0.444 e. The second-order valence-corrected chi connectivity index (χ2v) is 7.90. The third-order valence-electron chi connectivity index (χ3n) is 4.29. The third kappa shape index (κ3) is 6.62. The normalized spacial score (nSPS) is 10.8. The molecule has 0 unspecified atom stereocenters. The highest BCUT2D eigenvalue weighted by atomic mass is 16.6. The van der Waals surface area contributed by atoms with E-state index in [0.717, 1.165) is 11.1 Å². The number of carbonyl (C=O) groups is 3. The van der Waals surface area contributed by atoms with E-state index in [2.05, 4.69) is 16.0 Å². The Morgan fingerprint density at radius 3 is 2.33 bits per heavy atom. The number of hydrogen-bond donors (Lipinski definition) is 3. The summed E-state index contributed by atoms with van der Waals surface area (Å²) in [6.45, 7) is 7.58. The zero-order valence-electron chi connectivity index (χ0n) is 18.1. The molecule has 7 nitrogen and oxygen atoms in total. The summed E-state index contributed by atoms with van der Waals surface area (Å²) >= 11 is 0. The number of hydrogen-bond acceptors (Lipinski definition) is 4. The minimum atomic E-state index is -0.554. The molecule has 0 aliphatic rings. The summed E-state index contributed by atoms with van der Waals surface area (Å²) in [6.07, 6.45) is 0.0559. The summed E-state index contributed by atoms with van der Waals surface area (Å²) in [7, 11) is 1.57. The molecule has 0 saturated carbocycles. The van der Waals surface area contributed by atoms with Crippen LogP contribution in [0.15, 0.2) is 42.5 Å². The fraction of sp³-hybridized carbons (Fsp3) is 0.348. The van der Waals surface area contributed by atoms with Gasteiger partial charge in [0.2, 0.25) is 0 Å². The maximum absolute atomic E-state index is 12.7. The maximum Gasteiger partial charge on any atom is 0.407 e. The van der Waals surface area contributed by atoms with Gasteiger partial charge >= 0.3 is 6.09 Å². The zero-order valence-corrected chi connectivity index (χ0v) is 18.1. The van der Waals surface area contributed by atoms with E-state index in [9.17, 15) is 14.4 Å². The number of alkyl carbamates (subject to hydrolysis) is 1. The first-order chi connectivity index (χ1) is 14.1. The number of carbonyl (C=O) groups excluding carboxylic acids is 3. The van der Waals surface area contributed by atoms with E-state index in [4.69, 9.17) is 4.74 Å². The number of aryl methyl sites for hydroxylation is 1. The summed E-state index contributed by atoms with van der Waals surface area (Å²) < 4.78 is 5.23. The number of anilines is 1. The van der Waals surface area contributed by atoms with E-state index in [1.165, 1.54) is 0 Å². The molecular formula is C23H29N3O4. The Bertz CT molecular complexity index is 932. The molecule has 7 heteroatoms. The molecule has 3 N–H and O–H groups in total. The van der Waals surface area contributed by atoms with Gasteiger partial charge in [-0.25, -0.2) is 4.79 Å². The maximum atomic E-state index is 12.7. The van der Waals surface area contributed by atoms with Crippen LogP contribution in [0.4, 0.5) is 10.5 Å². The summed E-state index contributed by atoms with van der Waals surface area (Å²) in [5.74, 6) is -0.462. The predicted molar refractivity (Wildman–Crippen MR) is 117 cm³/mol. The highest BCUT2D eigenvalue weighted by molar-refractivity contribution is 6.05. The standard InChI is InChI=1S/C23H29N3O4/c1-15-14-17(10-11-18(15)21(28)24-5)20(27)26-19-9-7-6-8-16(19)12-13-25-22(29)30-23(2,3)4/h6-11,14H,12-13H2,1-5H3,(H,24,28)(H,25,29)(H,26,27). The lowest BCUT2D eigenvalue weighted by Crippen LogP contribution is -2.33. The van der Waals surface area contributed by atoms with Gasteiger partial charge < -0.3 is 20.7 Å². The van der Waals surface area contributed by atoms with Crippen LogP contribution in [0.3, 0.4) is 0 Å².